The maximum atomic E-state index is 9.63. The Balaban J connectivity index is 2.60. The van der Waals surface area contributed by atoms with E-state index in [1.165, 1.54) is 0 Å². The monoisotopic (exact) mass is 198 g/mol. The predicted molar refractivity (Wildman–Crippen MR) is 54.6 cm³/mol. The third kappa shape index (κ3) is 3.35. The van der Waals surface area contributed by atoms with E-state index in [0.717, 1.165) is 5.56 Å². The summed E-state index contributed by atoms with van der Waals surface area (Å²) >= 11 is 5.78. The lowest BCUT2D eigenvalue weighted by atomic mass is 10.1. The minimum atomic E-state index is -0.513. The first-order valence-electron chi connectivity index (χ1n) is 4.17. The molecule has 1 atom stereocenters. The summed E-state index contributed by atoms with van der Waals surface area (Å²) in [4.78, 5) is 0. The lowest BCUT2D eigenvalue weighted by Gasteiger charge is -2.11. The van der Waals surface area contributed by atoms with Gasteiger partial charge in [-0.2, -0.15) is 0 Å². The van der Waals surface area contributed by atoms with Gasteiger partial charge in [-0.05, 0) is 31.2 Å². The molecule has 0 aliphatic rings. The minimum absolute atomic E-state index is 0.504. The predicted octanol–water partition coefficient (Wildman–Crippen LogP) is 1.80. The second-order valence-corrected chi connectivity index (χ2v) is 3.21. The third-order valence-electron chi connectivity index (χ3n) is 1.75. The van der Waals surface area contributed by atoms with Gasteiger partial charge in [0.05, 0.1) is 6.10 Å². The van der Waals surface area contributed by atoms with Crippen molar-refractivity contribution < 1.29 is 5.11 Å². The molecule has 0 amide bonds. The van der Waals surface area contributed by atoms with Crippen LogP contribution in [0, 0.1) is 6.92 Å². The first kappa shape index (κ1) is 10.5. The van der Waals surface area contributed by atoms with E-state index in [2.05, 4.69) is 12.2 Å². The van der Waals surface area contributed by atoms with Crippen LogP contribution in [0.2, 0.25) is 5.02 Å². The zero-order valence-electron chi connectivity index (χ0n) is 7.33. The van der Waals surface area contributed by atoms with Crippen molar-refractivity contribution >= 4 is 11.6 Å². The molecule has 2 nitrogen and oxygen atoms in total. The zero-order valence-corrected chi connectivity index (χ0v) is 8.09. The summed E-state index contributed by atoms with van der Waals surface area (Å²) in [6.45, 7) is 4.73. The molecule has 0 heterocycles. The summed E-state index contributed by atoms with van der Waals surface area (Å²) in [5, 5.41) is 13.2. The zero-order chi connectivity index (χ0) is 9.68. The summed E-state index contributed by atoms with van der Waals surface area (Å²) < 4.78 is 0. The van der Waals surface area contributed by atoms with Crippen molar-refractivity contribution in [3.05, 3.63) is 41.8 Å². The maximum absolute atomic E-state index is 9.63. The third-order valence-corrected chi connectivity index (χ3v) is 1.98. The molecule has 0 saturated heterocycles. The van der Waals surface area contributed by atoms with Crippen LogP contribution in [0.4, 0.5) is 0 Å². The summed E-state index contributed by atoms with van der Waals surface area (Å²) in [5.74, 6) is 0. The van der Waals surface area contributed by atoms with E-state index < -0.39 is 6.10 Å². The number of aliphatic hydroxyl groups excluding tert-OH is 1. The van der Waals surface area contributed by atoms with Crippen LogP contribution in [0.1, 0.15) is 11.7 Å². The Morgan fingerprint density at radius 3 is 2.92 bits per heavy atom. The molecule has 1 aromatic rings. The van der Waals surface area contributed by atoms with Crippen molar-refractivity contribution in [1.82, 2.24) is 5.32 Å². The molecule has 0 aliphatic carbocycles. The quantitative estimate of drug-likeness (QED) is 0.774. The largest absolute Gasteiger partial charge is 0.387 e. The number of halogens is 1. The number of hydrogen-bond donors (Lipinski definition) is 2. The Hall–Kier alpha value is -0.570. The van der Waals surface area contributed by atoms with Crippen molar-refractivity contribution in [2.45, 2.75) is 6.10 Å². The topological polar surface area (TPSA) is 32.3 Å². The molecule has 0 spiro atoms. The van der Waals surface area contributed by atoms with E-state index in [-0.39, 0.29) is 0 Å². The van der Waals surface area contributed by atoms with Crippen LogP contribution in [0.3, 0.4) is 0 Å². The molecule has 2 N–H and O–H groups in total. The Morgan fingerprint density at radius 1 is 1.54 bits per heavy atom. The van der Waals surface area contributed by atoms with Crippen molar-refractivity contribution in [3.63, 3.8) is 0 Å². The Labute approximate surface area is 83.5 Å². The number of benzene rings is 1. The first-order chi connectivity index (χ1) is 6.24. The Kier molecular flexibility index (Phi) is 4.22. The molecule has 0 saturated carbocycles. The minimum Gasteiger partial charge on any atom is -0.387 e. The highest BCUT2D eigenvalue weighted by atomic mass is 35.5. The van der Waals surface area contributed by atoms with Crippen LogP contribution >= 0.6 is 11.6 Å². The van der Waals surface area contributed by atoms with Gasteiger partial charge in [-0.1, -0.05) is 23.7 Å². The van der Waals surface area contributed by atoms with Crippen LogP contribution in [-0.2, 0) is 0 Å². The van der Waals surface area contributed by atoms with Crippen molar-refractivity contribution in [2.24, 2.45) is 0 Å². The van der Waals surface area contributed by atoms with Gasteiger partial charge in [0.2, 0.25) is 0 Å². The lowest BCUT2D eigenvalue weighted by molar-refractivity contribution is 0.176. The van der Waals surface area contributed by atoms with Crippen molar-refractivity contribution in [2.75, 3.05) is 13.1 Å². The van der Waals surface area contributed by atoms with Gasteiger partial charge in [0.15, 0.2) is 0 Å². The van der Waals surface area contributed by atoms with E-state index in [4.69, 9.17) is 11.6 Å². The molecule has 71 valence electrons. The fourth-order valence-corrected chi connectivity index (χ4v) is 1.27. The van der Waals surface area contributed by atoms with Gasteiger partial charge in [0.1, 0.15) is 0 Å². The van der Waals surface area contributed by atoms with Gasteiger partial charge >= 0.3 is 0 Å². The molecule has 0 bridgehead atoms. The summed E-state index contributed by atoms with van der Waals surface area (Å²) in [7, 11) is 0. The molecule has 1 unspecified atom stereocenters. The fourth-order valence-electron chi connectivity index (χ4n) is 1.07. The van der Waals surface area contributed by atoms with Crippen LogP contribution in [0.15, 0.2) is 24.3 Å². The van der Waals surface area contributed by atoms with Gasteiger partial charge in [0, 0.05) is 11.6 Å². The number of hydrogen-bond acceptors (Lipinski definition) is 2. The second kappa shape index (κ2) is 5.22. The van der Waals surface area contributed by atoms with Gasteiger partial charge in [0.25, 0.3) is 0 Å². The van der Waals surface area contributed by atoms with Gasteiger partial charge in [-0.25, -0.2) is 0 Å². The van der Waals surface area contributed by atoms with Crippen LogP contribution in [0.5, 0.6) is 0 Å². The number of aliphatic hydroxyl groups is 1. The van der Waals surface area contributed by atoms with E-state index >= 15 is 0 Å². The van der Waals surface area contributed by atoms with Gasteiger partial charge in [-0.3, -0.25) is 0 Å². The van der Waals surface area contributed by atoms with Crippen LogP contribution in [0.25, 0.3) is 0 Å². The molecular formula is C10H13ClNO. The molecule has 1 radical (unpaired) electrons. The molecule has 1 rings (SSSR count). The summed E-state index contributed by atoms with van der Waals surface area (Å²) in [5.41, 5.74) is 0.827. The highest BCUT2D eigenvalue weighted by molar-refractivity contribution is 6.30. The van der Waals surface area contributed by atoms with E-state index in [9.17, 15) is 5.11 Å². The van der Waals surface area contributed by atoms with Gasteiger partial charge in [-0.15, -0.1) is 0 Å². The second-order valence-electron chi connectivity index (χ2n) is 2.77. The van der Waals surface area contributed by atoms with E-state index in [0.29, 0.717) is 18.1 Å². The highest BCUT2D eigenvalue weighted by Crippen LogP contribution is 2.16. The maximum Gasteiger partial charge on any atom is 0.0914 e. The van der Waals surface area contributed by atoms with Crippen molar-refractivity contribution in [1.29, 1.82) is 0 Å². The Morgan fingerprint density at radius 2 is 2.31 bits per heavy atom. The van der Waals surface area contributed by atoms with Crippen LogP contribution in [-0.4, -0.2) is 18.2 Å². The standard InChI is InChI=1S/C10H13ClNO/c1-2-12-7-10(13)8-4-3-5-9(11)6-8/h3-6,10,12-13H,1-2,7H2. The SMILES string of the molecule is [CH2]CNCC(O)c1cccc(Cl)c1. The Bertz CT molecular complexity index is 265. The van der Waals surface area contributed by atoms with Crippen molar-refractivity contribution in [3.8, 4) is 0 Å². The summed E-state index contributed by atoms with van der Waals surface area (Å²) in [6, 6.07) is 7.22. The fraction of sp³-hybridized carbons (Fsp3) is 0.300. The normalized spacial score (nSPS) is 12.8. The molecule has 0 fully saturated rings. The average Bonchev–Trinajstić information content (AvgIpc) is 2.14. The lowest BCUT2D eigenvalue weighted by Crippen LogP contribution is -2.20. The molecule has 0 aromatic heterocycles. The van der Waals surface area contributed by atoms with E-state index in [1.54, 1.807) is 12.1 Å². The average molecular weight is 199 g/mol. The molecule has 1 aromatic carbocycles. The molecule has 3 heteroatoms. The smallest absolute Gasteiger partial charge is 0.0914 e. The summed E-state index contributed by atoms with van der Waals surface area (Å²) in [6.07, 6.45) is -0.513. The highest BCUT2D eigenvalue weighted by Gasteiger charge is 2.05. The number of rotatable bonds is 4. The number of nitrogens with one attached hydrogen (secondary N) is 1. The van der Waals surface area contributed by atoms with Crippen LogP contribution < -0.4 is 5.32 Å². The first-order valence-corrected chi connectivity index (χ1v) is 4.55. The van der Waals surface area contributed by atoms with Gasteiger partial charge < -0.3 is 10.4 Å². The van der Waals surface area contributed by atoms with E-state index in [1.807, 2.05) is 12.1 Å². The molecule has 13 heavy (non-hydrogen) atoms. The molecular weight excluding hydrogens is 186 g/mol. The molecule has 0 aliphatic heterocycles.